The van der Waals surface area contributed by atoms with E-state index >= 15 is 0 Å². The number of nitrogens with two attached hydrogens (primary N) is 1. The Morgan fingerprint density at radius 1 is 1.20 bits per heavy atom. The third-order valence-corrected chi connectivity index (χ3v) is 4.90. The minimum atomic E-state index is 0.0376. The van der Waals surface area contributed by atoms with Gasteiger partial charge in [0, 0.05) is 24.6 Å². The van der Waals surface area contributed by atoms with Gasteiger partial charge in [-0.05, 0) is 56.4 Å². The van der Waals surface area contributed by atoms with Gasteiger partial charge in [-0.3, -0.25) is 9.59 Å². The van der Waals surface area contributed by atoms with Crippen LogP contribution in [0, 0.1) is 5.92 Å². The van der Waals surface area contributed by atoms with E-state index in [1.54, 1.807) is 24.3 Å². The van der Waals surface area contributed by atoms with Crippen molar-refractivity contribution in [3.05, 3.63) is 29.8 Å². The van der Waals surface area contributed by atoms with Crippen LogP contribution in [0.4, 0.5) is 0 Å². The Bertz CT molecular complexity index is 551. The first-order valence-electron chi connectivity index (χ1n) is 9.33. The van der Waals surface area contributed by atoms with Gasteiger partial charge in [0.15, 0.2) is 5.78 Å². The molecule has 1 unspecified atom stereocenters. The van der Waals surface area contributed by atoms with Crippen LogP contribution in [0.5, 0.6) is 5.75 Å². The zero-order chi connectivity index (χ0) is 18.1. The van der Waals surface area contributed by atoms with Gasteiger partial charge in [0.05, 0.1) is 6.61 Å². The van der Waals surface area contributed by atoms with Crippen molar-refractivity contribution < 1.29 is 14.3 Å². The largest absolute Gasteiger partial charge is 0.494 e. The van der Waals surface area contributed by atoms with Gasteiger partial charge in [0.25, 0.3) is 0 Å². The van der Waals surface area contributed by atoms with Crippen molar-refractivity contribution in [3.8, 4) is 5.75 Å². The number of hydrogen-bond acceptors (Lipinski definition) is 4. The van der Waals surface area contributed by atoms with E-state index in [0.717, 1.165) is 0 Å². The Balaban J connectivity index is 1.66. The summed E-state index contributed by atoms with van der Waals surface area (Å²) in [4.78, 5) is 23.4. The molecular formula is C20H30N2O3. The quantitative estimate of drug-likeness (QED) is 0.532. The smallest absolute Gasteiger partial charge is 0.220 e. The molecule has 1 atom stereocenters. The molecular weight excluding hydrogens is 316 g/mol. The minimum Gasteiger partial charge on any atom is -0.494 e. The highest BCUT2D eigenvalue weighted by atomic mass is 16.5. The fourth-order valence-corrected chi connectivity index (χ4v) is 3.39. The van der Waals surface area contributed by atoms with Crippen LogP contribution in [0.2, 0.25) is 0 Å². The summed E-state index contributed by atoms with van der Waals surface area (Å²) in [7, 11) is 0. The second kappa shape index (κ2) is 10.2. The highest BCUT2D eigenvalue weighted by Gasteiger charge is 2.23. The average molecular weight is 346 g/mol. The summed E-state index contributed by atoms with van der Waals surface area (Å²) in [5.41, 5.74) is 6.52. The molecule has 0 radical (unpaired) electrons. The first-order chi connectivity index (χ1) is 12.1. The Labute approximate surface area is 150 Å². The number of nitrogens with one attached hydrogen (secondary N) is 1. The number of hydrogen-bond donors (Lipinski definition) is 2. The molecule has 5 heteroatoms. The van der Waals surface area contributed by atoms with Crippen LogP contribution in [0.15, 0.2) is 24.3 Å². The summed E-state index contributed by atoms with van der Waals surface area (Å²) in [6, 6.07) is 7.17. The number of Topliss-reactive ketones (excluding diaryl/α,β-unsaturated/α-hetero) is 1. The van der Waals surface area contributed by atoms with E-state index in [-0.39, 0.29) is 17.7 Å². The van der Waals surface area contributed by atoms with Crippen LogP contribution in [0.3, 0.4) is 0 Å². The van der Waals surface area contributed by atoms with Gasteiger partial charge < -0.3 is 15.8 Å². The molecule has 0 saturated heterocycles. The Morgan fingerprint density at radius 3 is 2.48 bits per heavy atom. The lowest BCUT2D eigenvalue weighted by atomic mass is 9.84. The molecule has 1 aliphatic carbocycles. The van der Waals surface area contributed by atoms with Crippen molar-refractivity contribution in [2.75, 3.05) is 13.2 Å². The first kappa shape index (κ1) is 19.4. The lowest BCUT2D eigenvalue weighted by Gasteiger charge is -2.30. The minimum absolute atomic E-state index is 0.0376. The molecule has 0 heterocycles. The molecule has 25 heavy (non-hydrogen) atoms. The molecule has 1 aromatic carbocycles. The molecule has 1 amide bonds. The summed E-state index contributed by atoms with van der Waals surface area (Å²) < 4.78 is 5.62. The SMILES string of the molecule is CC(=O)c1ccc(OCCCC(=O)NC(CN)C2CCCCC2)cc1. The summed E-state index contributed by atoms with van der Waals surface area (Å²) in [6.07, 6.45) is 7.22. The van der Waals surface area contributed by atoms with Gasteiger partial charge in [-0.25, -0.2) is 0 Å². The molecule has 0 spiro atoms. The van der Waals surface area contributed by atoms with Gasteiger partial charge in [0.2, 0.25) is 5.91 Å². The van der Waals surface area contributed by atoms with Gasteiger partial charge in [-0.15, -0.1) is 0 Å². The third kappa shape index (κ3) is 6.50. The van der Waals surface area contributed by atoms with E-state index in [1.165, 1.54) is 39.0 Å². The van der Waals surface area contributed by atoms with Crippen LogP contribution >= 0.6 is 0 Å². The Hall–Kier alpha value is -1.88. The second-order valence-corrected chi connectivity index (χ2v) is 6.84. The predicted octanol–water partition coefficient (Wildman–Crippen LogP) is 3.07. The predicted molar refractivity (Wildman–Crippen MR) is 98.7 cm³/mol. The number of carbonyl (C=O) groups excluding carboxylic acids is 2. The monoisotopic (exact) mass is 346 g/mol. The van der Waals surface area contributed by atoms with Gasteiger partial charge in [0.1, 0.15) is 5.75 Å². The van der Waals surface area contributed by atoms with Crippen molar-refractivity contribution in [1.82, 2.24) is 5.32 Å². The van der Waals surface area contributed by atoms with E-state index in [4.69, 9.17) is 10.5 Å². The summed E-state index contributed by atoms with van der Waals surface area (Å²) >= 11 is 0. The number of rotatable bonds is 9. The van der Waals surface area contributed by atoms with Crippen LogP contribution in [-0.2, 0) is 4.79 Å². The first-order valence-corrected chi connectivity index (χ1v) is 9.33. The van der Waals surface area contributed by atoms with Crippen LogP contribution in [0.1, 0.15) is 62.2 Å². The van der Waals surface area contributed by atoms with E-state index in [2.05, 4.69) is 5.32 Å². The Kier molecular flexibility index (Phi) is 7.92. The molecule has 138 valence electrons. The molecule has 5 nitrogen and oxygen atoms in total. The van der Waals surface area contributed by atoms with Crippen molar-refractivity contribution >= 4 is 11.7 Å². The maximum atomic E-state index is 12.1. The van der Waals surface area contributed by atoms with E-state index in [0.29, 0.717) is 43.2 Å². The number of ketones is 1. The molecule has 3 N–H and O–H groups in total. The van der Waals surface area contributed by atoms with Gasteiger partial charge >= 0.3 is 0 Å². The summed E-state index contributed by atoms with van der Waals surface area (Å²) in [5, 5.41) is 3.10. The van der Waals surface area contributed by atoms with Crippen molar-refractivity contribution in [3.63, 3.8) is 0 Å². The number of amides is 1. The zero-order valence-corrected chi connectivity index (χ0v) is 15.1. The van der Waals surface area contributed by atoms with E-state index in [1.807, 2.05) is 0 Å². The lowest BCUT2D eigenvalue weighted by molar-refractivity contribution is -0.122. The topological polar surface area (TPSA) is 81.4 Å². The molecule has 1 aliphatic rings. The van der Waals surface area contributed by atoms with E-state index in [9.17, 15) is 9.59 Å². The van der Waals surface area contributed by atoms with E-state index < -0.39 is 0 Å². The van der Waals surface area contributed by atoms with Crippen molar-refractivity contribution in [1.29, 1.82) is 0 Å². The fourth-order valence-electron chi connectivity index (χ4n) is 3.39. The molecule has 0 aromatic heterocycles. The van der Waals surface area contributed by atoms with Gasteiger partial charge in [-0.2, -0.15) is 0 Å². The molecule has 1 saturated carbocycles. The standard InChI is InChI=1S/C20H30N2O3/c1-15(23)16-9-11-18(12-10-16)25-13-5-8-20(24)22-19(14-21)17-6-3-2-4-7-17/h9-12,17,19H,2-8,13-14,21H2,1H3,(H,22,24). The number of carbonyl (C=O) groups is 2. The third-order valence-electron chi connectivity index (χ3n) is 4.90. The lowest BCUT2D eigenvalue weighted by Crippen LogP contribution is -2.45. The number of ether oxygens (including phenoxy) is 1. The van der Waals surface area contributed by atoms with Crippen molar-refractivity contribution in [2.45, 2.75) is 57.9 Å². The Morgan fingerprint density at radius 2 is 1.88 bits per heavy atom. The molecule has 0 aliphatic heterocycles. The average Bonchev–Trinajstić information content (AvgIpc) is 2.64. The normalized spacial score (nSPS) is 16.2. The fraction of sp³-hybridized carbons (Fsp3) is 0.600. The maximum Gasteiger partial charge on any atom is 0.220 e. The van der Waals surface area contributed by atoms with Crippen LogP contribution in [0.25, 0.3) is 0 Å². The number of benzene rings is 1. The highest BCUT2D eigenvalue weighted by molar-refractivity contribution is 5.94. The zero-order valence-electron chi connectivity index (χ0n) is 15.1. The highest BCUT2D eigenvalue weighted by Crippen LogP contribution is 2.26. The summed E-state index contributed by atoms with van der Waals surface area (Å²) in [5.74, 6) is 1.33. The molecule has 1 aromatic rings. The maximum absolute atomic E-state index is 12.1. The molecule has 2 rings (SSSR count). The molecule has 1 fully saturated rings. The summed E-state index contributed by atoms with van der Waals surface area (Å²) in [6.45, 7) is 2.52. The van der Waals surface area contributed by atoms with Crippen molar-refractivity contribution in [2.24, 2.45) is 11.7 Å². The van der Waals surface area contributed by atoms with Crippen LogP contribution in [-0.4, -0.2) is 30.9 Å². The van der Waals surface area contributed by atoms with Crippen LogP contribution < -0.4 is 15.8 Å². The van der Waals surface area contributed by atoms with Gasteiger partial charge in [-0.1, -0.05) is 19.3 Å². The second-order valence-electron chi connectivity index (χ2n) is 6.84. The molecule has 0 bridgehead atoms.